The lowest BCUT2D eigenvalue weighted by atomic mass is 10.1. The Balaban J connectivity index is 0.000000738. The number of hydrogen-bond donors (Lipinski definition) is 3. The van der Waals surface area contributed by atoms with Crippen molar-refractivity contribution in [2.75, 3.05) is 25.9 Å². The van der Waals surface area contributed by atoms with E-state index < -0.39 is 24.0 Å². The van der Waals surface area contributed by atoms with Crippen molar-refractivity contribution in [3.8, 4) is 0 Å². The zero-order chi connectivity index (χ0) is 27.6. The Labute approximate surface area is 231 Å². The number of halogens is 1. The molecule has 1 heterocycles. The Hall–Kier alpha value is -2.32. The number of aliphatic hydroxyl groups is 2. The lowest BCUT2D eigenvalue weighted by Gasteiger charge is -2.22. The predicted octanol–water partition coefficient (Wildman–Crippen LogP) is 4.90. The van der Waals surface area contributed by atoms with E-state index in [1.807, 2.05) is 43.5 Å². The molecule has 3 N–H and O–H groups in total. The summed E-state index contributed by atoms with van der Waals surface area (Å²) in [5, 5.41) is 23.3. The molecule has 2 atom stereocenters. The maximum atomic E-state index is 12.1. The first-order valence-corrected chi connectivity index (χ1v) is 14.1. The van der Waals surface area contributed by atoms with Crippen LogP contribution < -0.4 is 5.32 Å². The van der Waals surface area contributed by atoms with Gasteiger partial charge in [-0.1, -0.05) is 78.4 Å². The van der Waals surface area contributed by atoms with E-state index in [9.17, 15) is 19.8 Å². The van der Waals surface area contributed by atoms with Gasteiger partial charge >= 0.3 is 0 Å². The fourth-order valence-corrected chi connectivity index (χ4v) is 4.05. The fourth-order valence-electron chi connectivity index (χ4n) is 3.51. The van der Waals surface area contributed by atoms with E-state index in [-0.39, 0.29) is 6.54 Å². The molecule has 0 aromatic heterocycles. The summed E-state index contributed by atoms with van der Waals surface area (Å²) in [4.78, 5) is 26.6. The molecular formula is C29H41ClN2O4S. The van der Waals surface area contributed by atoms with Crippen LogP contribution in [0.25, 0.3) is 0 Å². The van der Waals surface area contributed by atoms with Gasteiger partial charge in [-0.05, 0) is 57.8 Å². The van der Waals surface area contributed by atoms with Gasteiger partial charge in [0.15, 0.2) is 12.2 Å². The van der Waals surface area contributed by atoms with E-state index in [2.05, 4.69) is 43.1 Å². The molecule has 1 fully saturated rings. The normalized spacial score (nSPS) is 15.4. The number of aliphatic hydroxyl groups excluding tert-OH is 2. The van der Waals surface area contributed by atoms with Crippen LogP contribution in [0.3, 0.4) is 0 Å². The Morgan fingerprint density at radius 3 is 2.51 bits per heavy atom. The summed E-state index contributed by atoms with van der Waals surface area (Å²) in [6.07, 6.45) is 12.8. The van der Waals surface area contributed by atoms with Crippen LogP contribution in [-0.2, 0) is 16.0 Å². The van der Waals surface area contributed by atoms with Crippen LogP contribution in [0.15, 0.2) is 71.2 Å². The molecule has 1 aromatic rings. The first-order valence-electron chi connectivity index (χ1n) is 12.5. The molecule has 2 rings (SSSR count). The van der Waals surface area contributed by atoms with Gasteiger partial charge in [0.1, 0.15) is 0 Å². The average Bonchev–Trinajstić information content (AvgIpc) is 3.42. The highest BCUT2D eigenvalue weighted by molar-refractivity contribution is 8.02. The van der Waals surface area contributed by atoms with Gasteiger partial charge < -0.3 is 20.4 Å². The fraction of sp³-hybridized carbons (Fsp3) is 0.448. The number of likely N-dealkylation sites (tertiary alicyclic amines) is 1. The summed E-state index contributed by atoms with van der Waals surface area (Å²) in [7, 11) is 0. The molecule has 0 aliphatic carbocycles. The van der Waals surface area contributed by atoms with Gasteiger partial charge in [0.05, 0.1) is 0 Å². The van der Waals surface area contributed by atoms with E-state index in [0.717, 1.165) is 42.0 Å². The lowest BCUT2D eigenvalue weighted by Crippen LogP contribution is -2.50. The van der Waals surface area contributed by atoms with Crippen molar-refractivity contribution in [3.05, 3.63) is 82.3 Å². The van der Waals surface area contributed by atoms with E-state index in [1.54, 1.807) is 0 Å². The minimum absolute atomic E-state index is 0.219. The number of nitrogens with one attached hydrogen (secondary N) is 1. The number of rotatable bonds is 12. The van der Waals surface area contributed by atoms with Crippen molar-refractivity contribution in [3.63, 3.8) is 0 Å². The molecule has 37 heavy (non-hydrogen) atoms. The second kappa shape index (κ2) is 18.9. The summed E-state index contributed by atoms with van der Waals surface area (Å²) in [6, 6.07) is 8.31. The van der Waals surface area contributed by atoms with Crippen molar-refractivity contribution < 1.29 is 19.8 Å². The van der Waals surface area contributed by atoms with Crippen molar-refractivity contribution in [1.29, 1.82) is 0 Å². The van der Waals surface area contributed by atoms with Gasteiger partial charge in [0.2, 0.25) is 0 Å². The molecule has 1 saturated heterocycles. The van der Waals surface area contributed by atoms with Crippen LogP contribution in [0.1, 0.15) is 43.7 Å². The van der Waals surface area contributed by atoms with Gasteiger partial charge in [-0.3, -0.25) is 9.59 Å². The second-order valence-corrected chi connectivity index (χ2v) is 10.2. The molecule has 204 valence electrons. The smallest absolute Gasteiger partial charge is 0.254 e. The van der Waals surface area contributed by atoms with Crippen LogP contribution in [0, 0.1) is 6.92 Å². The summed E-state index contributed by atoms with van der Waals surface area (Å²) in [5.41, 5.74) is 2.45. The highest BCUT2D eigenvalue weighted by Gasteiger charge is 2.34. The number of thioether (sulfide) groups is 1. The SMILES string of the molecule is C=C(Cl)CC/C=C\C.CS/C(=C\C=C\Cc1cccc(C)c1)CNC(=O)C(O)C(O)C(=O)N1CCCC1. The number of carbonyl (C=O) groups is 2. The van der Waals surface area contributed by atoms with Crippen molar-refractivity contribution in [2.45, 2.75) is 58.2 Å². The maximum Gasteiger partial charge on any atom is 0.254 e. The molecule has 1 aromatic carbocycles. The molecule has 1 aliphatic heterocycles. The molecule has 2 unspecified atom stereocenters. The number of aryl methyl sites for hydroxylation is 1. The van der Waals surface area contributed by atoms with E-state index in [0.29, 0.717) is 13.1 Å². The third kappa shape index (κ3) is 13.7. The Bertz CT molecular complexity index is 955. The van der Waals surface area contributed by atoms with Gasteiger partial charge in [0, 0.05) is 29.6 Å². The van der Waals surface area contributed by atoms with Gasteiger partial charge in [-0.25, -0.2) is 0 Å². The number of benzene rings is 1. The largest absolute Gasteiger partial charge is 0.380 e. The minimum atomic E-state index is -1.77. The van der Waals surface area contributed by atoms with Gasteiger partial charge in [-0.15, -0.1) is 11.8 Å². The summed E-state index contributed by atoms with van der Waals surface area (Å²) in [6.45, 7) is 8.94. The third-order valence-corrected chi connectivity index (χ3v) is 6.60. The van der Waals surface area contributed by atoms with Crippen LogP contribution in [-0.4, -0.2) is 65.0 Å². The zero-order valence-corrected chi connectivity index (χ0v) is 23.7. The van der Waals surface area contributed by atoms with E-state index in [1.165, 1.54) is 27.8 Å². The van der Waals surface area contributed by atoms with Crippen LogP contribution in [0.2, 0.25) is 0 Å². The summed E-state index contributed by atoms with van der Waals surface area (Å²) < 4.78 is 0. The number of nitrogens with zero attached hydrogens (tertiary/aromatic N) is 1. The molecular weight excluding hydrogens is 508 g/mol. The standard InChI is InChI=1S/C22H30N2O4S.C7H11Cl/c1-16-8-7-10-17(14-16)9-3-4-11-18(29-2)15-23-21(27)19(25)20(26)22(28)24-12-5-6-13-24;1-3-4-5-6-7(2)8/h3-4,7-8,10-11,14,19-20,25-26H,5-6,9,12-13,15H2,1-2H3,(H,23,27);3-4H,2,5-6H2,1H3/b4-3+,18-11-;4-3-. The van der Waals surface area contributed by atoms with Crippen molar-refractivity contribution in [1.82, 2.24) is 10.2 Å². The highest BCUT2D eigenvalue weighted by atomic mass is 35.5. The molecule has 0 bridgehead atoms. The van der Waals surface area contributed by atoms with E-state index in [4.69, 9.17) is 11.6 Å². The Morgan fingerprint density at radius 1 is 1.22 bits per heavy atom. The number of carbonyl (C=O) groups excluding carboxylic acids is 2. The van der Waals surface area contributed by atoms with E-state index >= 15 is 0 Å². The first-order chi connectivity index (χ1) is 17.7. The number of allylic oxidation sites excluding steroid dienone is 6. The Morgan fingerprint density at radius 2 is 1.92 bits per heavy atom. The van der Waals surface area contributed by atoms with Gasteiger partial charge in [0.25, 0.3) is 11.8 Å². The highest BCUT2D eigenvalue weighted by Crippen LogP contribution is 2.13. The number of hydrogen-bond acceptors (Lipinski definition) is 5. The molecule has 6 nitrogen and oxygen atoms in total. The predicted molar refractivity (Wildman–Crippen MR) is 155 cm³/mol. The topological polar surface area (TPSA) is 89.9 Å². The molecule has 2 amide bonds. The number of amides is 2. The first kappa shape index (κ1) is 32.7. The molecule has 0 saturated carbocycles. The lowest BCUT2D eigenvalue weighted by molar-refractivity contribution is -0.152. The molecule has 0 radical (unpaired) electrons. The zero-order valence-electron chi connectivity index (χ0n) is 22.2. The average molecular weight is 549 g/mol. The summed E-state index contributed by atoms with van der Waals surface area (Å²) >= 11 is 6.97. The van der Waals surface area contributed by atoms with Crippen molar-refractivity contribution in [2.24, 2.45) is 0 Å². The van der Waals surface area contributed by atoms with Crippen LogP contribution in [0.4, 0.5) is 0 Å². The monoisotopic (exact) mass is 548 g/mol. The molecule has 1 aliphatic rings. The molecule has 8 heteroatoms. The maximum absolute atomic E-state index is 12.1. The van der Waals surface area contributed by atoms with Crippen molar-refractivity contribution >= 4 is 35.2 Å². The van der Waals surface area contributed by atoms with Crippen LogP contribution >= 0.6 is 23.4 Å². The third-order valence-electron chi connectivity index (χ3n) is 5.61. The minimum Gasteiger partial charge on any atom is -0.380 e. The van der Waals surface area contributed by atoms with Gasteiger partial charge in [-0.2, -0.15) is 0 Å². The second-order valence-electron chi connectivity index (χ2n) is 8.72. The van der Waals surface area contributed by atoms with Crippen LogP contribution in [0.5, 0.6) is 0 Å². The molecule has 0 spiro atoms. The quantitative estimate of drug-likeness (QED) is 0.255. The summed E-state index contributed by atoms with van der Waals surface area (Å²) in [5.74, 6) is -1.35. The Kier molecular flexibility index (Phi) is 16.7.